The molecule has 1 amide bonds. The predicted molar refractivity (Wildman–Crippen MR) is 117 cm³/mol. The highest BCUT2D eigenvalue weighted by molar-refractivity contribution is 5.94. The number of benzene rings is 2. The van der Waals surface area contributed by atoms with Gasteiger partial charge >= 0.3 is 0 Å². The van der Waals surface area contributed by atoms with Crippen LogP contribution < -0.4 is 18.9 Å². The van der Waals surface area contributed by atoms with Gasteiger partial charge in [0.2, 0.25) is 11.8 Å². The maximum Gasteiger partial charge on any atom is 0.254 e. The Bertz CT molecular complexity index is 1070. The second-order valence-corrected chi connectivity index (χ2v) is 6.76. The second kappa shape index (κ2) is 10.5. The molecule has 0 radical (unpaired) electrons. The Morgan fingerprint density at radius 2 is 1.59 bits per heavy atom. The Hall–Kier alpha value is -3.75. The van der Waals surface area contributed by atoms with Crippen molar-refractivity contribution < 1.29 is 28.2 Å². The summed E-state index contributed by atoms with van der Waals surface area (Å²) in [6.07, 6.45) is 0. The molecule has 9 nitrogen and oxygen atoms in total. The first-order valence-corrected chi connectivity index (χ1v) is 10.2. The molecule has 170 valence electrons. The van der Waals surface area contributed by atoms with Gasteiger partial charge in [0.15, 0.2) is 23.0 Å². The topological polar surface area (TPSA) is 96.2 Å². The minimum absolute atomic E-state index is 0.149. The molecule has 0 N–H and O–H groups in total. The van der Waals surface area contributed by atoms with Crippen molar-refractivity contribution >= 4 is 5.91 Å². The van der Waals surface area contributed by atoms with Crippen LogP contribution in [0.5, 0.6) is 23.0 Å². The normalized spacial score (nSPS) is 10.5. The number of methoxy groups -OCH3 is 2. The number of rotatable bonds is 10. The fourth-order valence-electron chi connectivity index (χ4n) is 3.08. The van der Waals surface area contributed by atoms with Crippen molar-refractivity contribution in [2.45, 2.75) is 20.4 Å². The first-order chi connectivity index (χ1) is 15.5. The number of carbonyl (C=O) groups is 1. The third-order valence-corrected chi connectivity index (χ3v) is 4.61. The van der Waals surface area contributed by atoms with Crippen LogP contribution in [0.4, 0.5) is 0 Å². The molecule has 0 spiro atoms. The van der Waals surface area contributed by atoms with Crippen LogP contribution in [0.1, 0.15) is 30.1 Å². The summed E-state index contributed by atoms with van der Waals surface area (Å²) in [7, 11) is 4.79. The molecule has 0 saturated carbocycles. The molecule has 0 aliphatic heterocycles. The smallest absolute Gasteiger partial charge is 0.254 e. The van der Waals surface area contributed by atoms with Crippen LogP contribution in [0.2, 0.25) is 0 Å². The Labute approximate surface area is 186 Å². The number of aromatic nitrogens is 2. The third kappa shape index (κ3) is 5.11. The molecule has 0 fully saturated rings. The lowest BCUT2D eigenvalue weighted by Crippen LogP contribution is -2.26. The van der Waals surface area contributed by atoms with Crippen molar-refractivity contribution in [3.8, 4) is 34.5 Å². The summed E-state index contributed by atoms with van der Waals surface area (Å²) in [6.45, 7) is 4.89. The summed E-state index contributed by atoms with van der Waals surface area (Å²) in [5, 5.41) is 8.15. The lowest BCUT2D eigenvalue weighted by Gasteiger charge is -2.17. The fourth-order valence-corrected chi connectivity index (χ4v) is 3.08. The fraction of sp³-hybridized carbons (Fsp3) is 0.348. The van der Waals surface area contributed by atoms with Crippen molar-refractivity contribution in [3.05, 3.63) is 47.9 Å². The van der Waals surface area contributed by atoms with Gasteiger partial charge in [0.1, 0.15) is 0 Å². The van der Waals surface area contributed by atoms with Crippen molar-refractivity contribution in [2.24, 2.45) is 0 Å². The van der Waals surface area contributed by atoms with E-state index in [1.165, 1.54) is 4.90 Å². The molecule has 3 aromatic rings. The Kier molecular flexibility index (Phi) is 7.54. The molecule has 3 rings (SSSR count). The van der Waals surface area contributed by atoms with Crippen LogP contribution in [-0.2, 0) is 6.54 Å². The van der Waals surface area contributed by atoms with E-state index >= 15 is 0 Å². The molecule has 0 aliphatic rings. The van der Waals surface area contributed by atoms with Crippen molar-refractivity contribution in [3.63, 3.8) is 0 Å². The predicted octanol–water partition coefficient (Wildman–Crippen LogP) is 3.82. The first kappa shape index (κ1) is 22.9. The van der Waals surface area contributed by atoms with E-state index < -0.39 is 0 Å². The van der Waals surface area contributed by atoms with Gasteiger partial charge in [-0.25, -0.2) is 0 Å². The average molecular weight is 441 g/mol. The second-order valence-electron chi connectivity index (χ2n) is 6.76. The molecular formula is C23H27N3O6. The summed E-state index contributed by atoms with van der Waals surface area (Å²) in [5.74, 6) is 2.70. The molecule has 1 aromatic heterocycles. The first-order valence-electron chi connectivity index (χ1n) is 10.2. The molecule has 32 heavy (non-hydrogen) atoms. The van der Waals surface area contributed by atoms with Gasteiger partial charge in [-0.3, -0.25) is 4.79 Å². The number of carbonyl (C=O) groups excluding carboxylic acids is 1. The number of amides is 1. The van der Waals surface area contributed by atoms with Crippen LogP contribution in [0.15, 0.2) is 40.8 Å². The minimum atomic E-state index is -0.208. The summed E-state index contributed by atoms with van der Waals surface area (Å²) in [6, 6.07) is 10.4. The highest BCUT2D eigenvalue weighted by atomic mass is 16.5. The number of hydrogen-bond donors (Lipinski definition) is 0. The van der Waals surface area contributed by atoms with Crippen LogP contribution in [0.25, 0.3) is 11.5 Å². The standard InChI is InChI=1S/C23H27N3O6/c1-6-30-18-11-9-16(13-20(18)31-7-2)23(27)26(3)14-21-24-25-22(32-21)15-8-10-17(28-4)19(12-15)29-5/h8-13H,6-7,14H2,1-5H3. The van der Waals surface area contributed by atoms with E-state index in [0.29, 0.717) is 59.1 Å². The van der Waals surface area contributed by atoms with Crippen LogP contribution in [-0.4, -0.2) is 55.5 Å². The minimum Gasteiger partial charge on any atom is -0.493 e. The molecule has 0 aliphatic carbocycles. The van der Waals surface area contributed by atoms with Gasteiger partial charge in [0.05, 0.1) is 34.0 Å². The van der Waals surface area contributed by atoms with E-state index in [-0.39, 0.29) is 12.5 Å². The molecule has 0 atom stereocenters. The van der Waals surface area contributed by atoms with Crippen molar-refractivity contribution in [2.75, 3.05) is 34.5 Å². The zero-order chi connectivity index (χ0) is 23.1. The third-order valence-electron chi connectivity index (χ3n) is 4.61. The van der Waals surface area contributed by atoms with Gasteiger partial charge in [0.25, 0.3) is 5.91 Å². The summed E-state index contributed by atoms with van der Waals surface area (Å²) >= 11 is 0. The van der Waals surface area contributed by atoms with Gasteiger partial charge < -0.3 is 28.3 Å². The Morgan fingerprint density at radius 1 is 0.906 bits per heavy atom. The maximum absolute atomic E-state index is 12.9. The van der Waals surface area contributed by atoms with E-state index in [4.69, 9.17) is 23.4 Å². The molecule has 0 bridgehead atoms. The summed E-state index contributed by atoms with van der Waals surface area (Å²) < 4.78 is 27.5. The summed E-state index contributed by atoms with van der Waals surface area (Å²) in [5.41, 5.74) is 1.15. The van der Waals surface area contributed by atoms with E-state index in [9.17, 15) is 4.79 Å². The van der Waals surface area contributed by atoms with Crippen LogP contribution in [0.3, 0.4) is 0 Å². The quantitative estimate of drug-likeness (QED) is 0.468. The van der Waals surface area contributed by atoms with E-state index in [0.717, 1.165) is 0 Å². The SMILES string of the molecule is CCOc1ccc(C(=O)N(C)Cc2nnc(-c3ccc(OC)c(OC)c3)o2)cc1OCC. The lowest BCUT2D eigenvalue weighted by molar-refractivity contribution is 0.0772. The molecule has 0 unspecified atom stereocenters. The molecular weight excluding hydrogens is 414 g/mol. The zero-order valence-electron chi connectivity index (χ0n) is 18.9. The lowest BCUT2D eigenvalue weighted by atomic mass is 10.1. The number of ether oxygens (including phenoxy) is 4. The van der Waals surface area contributed by atoms with Gasteiger partial charge in [-0.1, -0.05) is 0 Å². The van der Waals surface area contributed by atoms with Crippen molar-refractivity contribution in [1.82, 2.24) is 15.1 Å². The van der Waals surface area contributed by atoms with Crippen LogP contribution >= 0.6 is 0 Å². The van der Waals surface area contributed by atoms with Gasteiger partial charge in [-0.05, 0) is 50.2 Å². The monoisotopic (exact) mass is 441 g/mol. The van der Waals surface area contributed by atoms with E-state index in [2.05, 4.69) is 10.2 Å². The van der Waals surface area contributed by atoms with Gasteiger partial charge in [-0.15, -0.1) is 10.2 Å². The molecule has 2 aromatic carbocycles. The zero-order valence-corrected chi connectivity index (χ0v) is 18.9. The average Bonchev–Trinajstić information content (AvgIpc) is 3.27. The Morgan fingerprint density at radius 3 is 2.28 bits per heavy atom. The van der Waals surface area contributed by atoms with Crippen molar-refractivity contribution in [1.29, 1.82) is 0 Å². The summed E-state index contributed by atoms with van der Waals surface area (Å²) in [4.78, 5) is 14.4. The highest BCUT2D eigenvalue weighted by Crippen LogP contribution is 2.32. The van der Waals surface area contributed by atoms with Gasteiger partial charge in [0, 0.05) is 18.2 Å². The molecule has 9 heteroatoms. The van der Waals surface area contributed by atoms with E-state index in [1.807, 2.05) is 13.8 Å². The maximum atomic E-state index is 12.9. The number of nitrogens with zero attached hydrogens (tertiary/aromatic N) is 3. The largest absolute Gasteiger partial charge is 0.493 e. The van der Waals surface area contributed by atoms with Gasteiger partial charge in [-0.2, -0.15) is 0 Å². The highest BCUT2D eigenvalue weighted by Gasteiger charge is 2.19. The Balaban J connectivity index is 1.74. The van der Waals surface area contributed by atoms with E-state index in [1.54, 1.807) is 57.7 Å². The molecule has 1 heterocycles. The molecule has 0 saturated heterocycles. The van der Waals surface area contributed by atoms with Crippen LogP contribution in [0, 0.1) is 0 Å². The number of hydrogen-bond acceptors (Lipinski definition) is 8.